The molecule has 3 aromatic rings. The molecule has 1 heterocycles. The van der Waals surface area contributed by atoms with Gasteiger partial charge in [0.05, 0.1) is 20.1 Å². The Kier molecular flexibility index (Phi) is 6.36. The molecule has 3 rings (SSSR count). The lowest BCUT2D eigenvalue weighted by Crippen LogP contribution is -2.44. The van der Waals surface area contributed by atoms with Crippen molar-refractivity contribution in [3.8, 4) is 0 Å². The minimum absolute atomic E-state index is 0.130. The fraction of sp³-hybridized carbons (Fsp3) is 0.333. The van der Waals surface area contributed by atoms with Gasteiger partial charge in [-0.15, -0.1) is 11.3 Å². The molecule has 0 fully saturated rings. The highest BCUT2D eigenvalue weighted by atomic mass is 32.2. The molecule has 8 heteroatoms. The number of benzene rings is 2. The Morgan fingerprint density at radius 3 is 2.59 bits per heavy atom. The van der Waals surface area contributed by atoms with E-state index in [-0.39, 0.29) is 16.7 Å². The zero-order chi connectivity index (χ0) is 21.2. The van der Waals surface area contributed by atoms with E-state index in [1.807, 2.05) is 45.9 Å². The van der Waals surface area contributed by atoms with Crippen LogP contribution in [0.25, 0.3) is 10.2 Å². The largest absolute Gasteiger partial charge is 0.325 e. The predicted octanol–water partition coefficient (Wildman–Crippen LogP) is 4.24. The van der Waals surface area contributed by atoms with E-state index in [1.165, 1.54) is 17.4 Å². The first-order valence-corrected chi connectivity index (χ1v) is 11.7. The second-order valence-electron chi connectivity index (χ2n) is 7.52. The number of rotatable bonds is 7. The van der Waals surface area contributed by atoms with Crippen molar-refractivity contribution in [3.05, 3.63) is 53.0 Å². The number of carbonyl (C=O) groups excluding carboxylic acids is 1. The number of sulfonamides is 1. The maximum Gasteiger partial charge on any atom is 0.242 e. The third-order valence-corrected chi connectivity index (χ3v) is 6.79. The van der Waals surface area contributed by atoms with E-state index in [1.54, 1.807) is 18.2 Å². The van der Waals surface area contributed by atoms with Crippen molar-refractivity contribution in [2.45, 2.75) is 45.1 Å². The standard InChI is InChI=1S/C21H25N3O3S2/c1-13(2)10-19(21(25)23-16-7-5-6-14(3)11-16)24-29(26,27)17-8-9-18-20(12-17)28-15(4)22-18/h5-9,11-13,19,24H,10H2,1-4H3,(H,23,25)/t19-/m1/s1. The number of fused-ring (bicyclic) bond motifs is 1. The van der Waals surface area contributed by atoms with Gasteiger partial charge in [-0.1, -0.05) is 26.0 Å². The van der Waals surface area contributed by atoms with Crippen molar-refractivity contribution in [2.75, 3.05) is 5.32 Å². The van der Waals surface area contributed by atoms with Gasteiger partial charge in [-0.05, 0) is 62.1 Å². The lowest BCUT2D eigenvalue weighted by atomic mass is 10.0. The predicted molar refractivity (Wildman–Crippen MR) is 118 cm³/mol. The summed E-state index contributed by atoms with van der Waals surface area (Å²) in [5, 5.41) is 3.69. The molecule has 0 aliphatic carbocycles. The smallest absolute Gasteiger partial charge is 0.242 e. The van der Waals surface area contributed by atoms with Gasteiger partial charge in [0.15, 0.2) is 0 Å². The number of nitrogens with zero attached hydrogens (tertiary/aromatic N) is 1. The van der Waals surface area contributed by atoms with Gasteiger partial charge >= 0.3 is 0 Å². The summed E-state index contributed by atoms with van der Waals surface area (Å²) in [4.78, 5) is 17.3. The molecular formula is C21H25N3O3S2. The Balaban J connectivity index is 1.84. The molecule has 2 N–H and O–H groups in total. The van der Waals surface area contributed by atoms with Gasteiger partial charge in [0.2, 0.25) is 15.9 Å². The van der Waals surface area contributed by atoms with Crippen LogP contribution in [-0.2, 0) is 14.8 Å². The van der Waals surface area contributed by atoms with Crippen LogP contribution in [0, 0.1) is 19.8 Å². The van der Waals surface area contributed by atoms with Gasteiger partial charge in [-0.2, -0.15) is 4.72 Å². The van der Waals surface area contributed by atoms with E-state index in [2.05, 4.69) is 15.0 Å². The number of hydrogen-bond donors (Lipinski definition) is 2. The highest BCUT2D eigenvalue weighted by Crippen LogP contribution is 2.25. The van der Waals surface area contributed by atoms with E-state index in [0.717, 1.165) is 20.8 Å². The Hall–Kier alpha value is -2.29. The van der Waals surface area contributed by atoms with Crippen LogP contribution in [-0.4, -0.2) is 25.4 Å². The van der Waals surface area contributed by atoms with Gasteiger partial charge in [0, 0.05) is 5.69 Å². The van der Waals surface area contributed by atoms with Crippen LogP contribution in [0.3, 0.4) is 0 Å². The van der Waals surface area contributed by atoms with Crippen LogP contribution < -0.4 is 10.0 Å². The summed E-state index contributed by atoms with van der Waals surface area (Å²) in [6.07, 6.45) is 0.388. The van der Waals surface area contributed by atoms with E-state index in [9.17, 15) is 13.2 Å². The van der Waals surface area contributed by atoms with Crippen molar-refractivity contribution in [3.63, 3.8) is 0 Å². The van der Waals surface area contributed by atoms with Crippen LogP contribution in [0.4, 0.5) is 5.69 Å². The molecule has 0 radical (unpaired) electrons. The van der Waals surface area contributed by atoms with Crippen LogP contribution in [0.2, 0.25) is 0 Å². The lowest BCUT2D eigenvalue weighted by Gasteiger charge is -2.20. The number of aromatic nitrogens is 1. The Morgan fingerprint density at radius 1 is 1.14 bits per heavy atom. The van der Waals surface area contributed by atoms with Gasteiger partial charge in [0.25, 0.3) is 0 Å². The Bertz CT molecular complexity index is 1140. The normalized spacial score (nSPS) is 13.0. The summed E-state index contributed by atoms with van der Waals surface area (Å²) >= 11 is 1.44. The van der Waals surface area contributed by atoms with E-state index in [0.29, 0.717) is 12.1 Å². The van der Waals surface area contributed by atoms with Crippen molar-refractivity contribution in [1.82, 2.24) is 9.71 Å². The Labute approximate surface area is 175 Å². The number of anilines is 1. The summed E-state index contributed by atoms with van der Waals surface area (Å²) in [5.74, 6) is -0.236. The summed E-state index contributed by atoms with van der Waals surface area (Å²) in [5.41, 5.74) is 2.42. The zero-order valence-electron chi connectivity index (χ0n) is 16.9. The number of nitrogens with one attached hydrogen (secondary N) is 2. The van der Waals surface area contributed by atoms with Gasteiger partial charge in [0.1, 0.15) is 6.04 Å². The molecule has 0 spiro atoms. The van der Waals surface area contributed by atoms with E-state index >= 15 is 0 Å². The van der Waals surface area contributed by atoms with Crippen LogP contribution >= 0.6 is 11.3 Å². The monoisotopic (exact) mass is 431 g/mol. The van der Waals surface area contributed by atoms with Crippen molar-refractivity contribution in [2.24, 2.45) is 5.92 Å². The van der Waals surface area contributed by atoms with Crippen LogP contribution in [0.5, 0.6) is 0 Å². The summed E-state index contributed by atoms with van der Waals surface area (Å²) in [7, 11) is -3.86. The van der Waals surface area contributed by atoms with E-state index < -0.39 is 16.1 Å². The summed E-state index contributed by atoms with van der Waals surface area (Å²) in [6.45, 7) is 7.72. The molecule has 0 bridgehead atoms. The molecule has 1 atom stereocenters. The molecule has 1 amide bonds. The minimum atomic E-state index is -3.86. The first-order valence-electron chi connectivity index (χ1n) is 9.41. The SMILES string of the molecule is Cc1cccc(NC(=O)[C@@H](CC(C)C)NS(=O)(=O)c2ccc3nc(C)sc3c2)c1. The minimum Gasteiger partial charge on any atom is -0.325 e. The second kappa shape index (κ2) is 8.61. The molecule has 2 aromatic carbocycles. The molecule has 6 nitrogen and oxygen atoms in total. The number of carbonyl (C=O) groups is 1. The van der Waals surface area contributed by atoms with Gasteiger partial charge in [-0.3, -0.25) is 4.79 Å². The maximum absolute atomic E-state index is 13.0. The highest BCUT2D eigenvalue weighted by Gasteiger charge is 2.27. The fourth-order valence-corrected chi connectivity index (χ4v) is 5.25. The second-order valence-corrected chi connectivity index (χ2v) is 10.5. The molecule has 0 aliphatic rings. The van der Waals surface area contributed by atoms with Crippen molar-refractivity contribution >= 4 is 43.2 Å². The Morgan fingerprint density at radius 2 is 1.90 bits per heavy atom. The third kappa shape index (κ3) is 5.41. The molecule has 154 valence electrons. The van der Waals surface area contributed by atoms with Gasteiger partial charge < -0.3 is 5.32 Å². The average Bonchev–Trinajstić information content (AvgIpc) is 2.99. The van der Waals surface area contributed by atoms with E-state index in [4.69, 9.17) is 0 Å². The lowest BCUT2D eigenvalue weighted by molar-refractivity contribution is -0.118. The quantitative estimate of drug-likeness (QED) is 0.585. The molecule has 1 aromatic heterocycles. The summed E-state index contributed by atoms with van der Waals surface area (Å²) in [6, 6.07) is 11.4. The topological polar surface area (TPSA) is 88.2 Å². The van der Waals surface area contributed by atoms with Crippen molar-refractivity contribution < 1.29 is 13.2 Å². The number of hydrogen-bond acceptors (Lipinski definition) is 5. The maximum atomic E-state index is 13.0. The van der Waals surface area contributed by atoms with Crippen LogP contribution in [0.1, 0.15) is 30.8 Å². The van der Waals surface area contributed by atoms with Crippen LogP contribution in [0.15, 0.2) is 47.4 Å². The zero-order valence-corrected chi connectivity index (χ0v) is 18.5. The molecule has 0 unspecified atom stereocenters. The van der Waals surface area contributed by atoms with Gasteiger partial charge in [-0.25, -0.2) is 13.4 Å². The molecule has 0 aliphatic heterocycles. The highest BCUT2D eigenvalue weighted by molar-refractivity contribution is 7.89. The molecule has 0 saturated carbocycles. The number of aryl methyl sites for hydroxylation is 2. The molecule has 29 heavy (non-hydrogen) atoms. The molecular weight excluding hydrogens is 406 g/mol. The summed E-state index contributed by atoms with van der Waals surface area (Å²) < 4.78 is 29.3. The third-order valence-electron chi connectivity index (χ3n) is 4.38. The van der Waals surface area contributed by atoms with Crippen molar-refractivity contribution in [1.29, 1.82) is 0 Å². The first kappa shape index (κ1) is 21.4. The molecule has 0 saturated heterocycles. The average molecular weight is 432 g/mol. The number of thiazole rings is 1. The number of amides is 1. The fourth-order valence-electron chi connectivity index (χ4n) is 3.07. The first-order chi connectivity index (χ1) is 13.6.